The lowest BCUT2D eigenvalue weighted by Gasteiger charge is -2.13. The number of rotatable bonds is 2. The second-order valence-electron chi connectivity index (χ2n) is 3.47. The van der Waals surface area contributed by atoms with Gasteiger partial charge in [-0.2, -0.15) is 13.2 Å². The van der Waals surface area contributed by atoms with Gasteiger partial charge in [-0.25, -0.2) is 4.98 Å². The summed E-state index contributed by atoms with van der Waals surface area (Å²) in [5, 5.41) is 8.88. The lowest BCUT2D eigenvalue weighted by Crippen LogP contribution is -2.10. The fourth-order valence-electron chi connectivity index (χ4n) is 1.54. The average molecular weight is 242 g/mol. The summed E-state index contributed by atoms with van der Waals surface area (Å²) in [6, 6.07) is 3.76. The van der Waals surface area contributed by atoms with Gasteiger partial charge in [0, 0.05) is 18.1 Å². The second kappa shape index (κ2) is 4.21. The number of hydrogen-bond acceptors (Lipinski definition) is 2. The molecule has 1 aromatic heterocycles. The molecule has 0 fully saturated rings. The van der Waals surface area contributed by atoms with Crippen molar-refractivity contribution in [2.75, 3.05) is 0 Å². The van der Waals surface area contributed by atoms with Crippen LogP contribution in [0, 0.1) is 0 Å². The van der Waals surface area contributed by atoms with Crippen molar-refractivity contribution >= 4 is 0 Å². The fourth-order valence-corrected chi connectivity index (χ4v) is 1.54. The zero-order chi connectivity index (χ0) is 12.5. The van der Waals surface area contributed by atoms with Crippen LogP contribution in [-0.2, 0) is 12.8 Å². The normalized spacial score (nSPS) is 11.8. The molecule has 0 saturated carbocycles. The standard InChI is InChI=1S/C11H9F3N2O/c12-11(13,14)10-5-9(2-1-8(10)6-17)16-4-3-15-7-16/h1-5,7,17H,6H2. The van der Waals surface area contributed by atoms with Crippen molar-refractivity contribution in [3.63, 3.8) is 0 Å². The van der Waals surface area contributed by atoms with Gasteiger partial charge in [0.25, 0.3) is 0 Å². The van der Waals surface area contributed by atoms with Gasteiger partial charge in [-0.05, 0) is 17.7 Å². The molecule has 0 bridgehead atoms. The van der Waals surface area contributed by atoms with E-state index in [0.717, 1.165) is 6.07 Å². The Morgan fingerprint density at radius 1 is 1.29 bits per heavy atom. The number of imidazole rings is 1. The SMILES string of the molecule is OCc1ccc(-n2ccnc2)cc1C(F)(F)F. The van der Waals surface area contributed by atoms with Crippen LogP contribution in [-0.4, -0.2) is 14.7 Å². The third-order valence-electron chi connectivity index (χ3n) is 2.37. The highest BCUT2D eigenvalue weighted by atomic mass is 19.4. The van der Waals surface area contributed by atoms with Gasteiger partial charge in [0.2, 0.25) is 0 Å². The summed E-state index contributed by atoms with van der Waals surface area (Å²) < 4.78 is 39.6. The number of alkyl halides is 3. The van der Waals surface area contributed by atoms with E-state index in [1.165, 1.54) is 29.2 Å². The number of benzene rings is 1. The maximum Gasteiger partial charge on any atom is 0.416 e. The zero-order valence-electron chi connectivity index (χ0n) is 8.65. The van der Waals surface area contributed by atoms with E-state index in [4.69, 9.17) is 5.11 Å². The summed E-state index contributed by atoms with van der Waals surface area (Å²) in [5.74, 6) is 0. The number of aromatic nitrogens is 2. The molecule has 0 radical (unpaired) electrons. The highest BCUT2D eigenvalue weighted by Crippen LogP contribution is 2.33. The Hall–Kier alpha value is -1.82. The molecule has 2 aromatic rings. The Morgan fingerprint density at radius 3 is 2.59 bits per heavy atom. The summed E-state index contributed by atoms with van der Waals surface area (Å²) in [6.07, 6.45) is -0.0376. The van der Waals surface area contributed by atoms with Crippen LogP contribution in [0.5, 0.6) is 0 Å². The van der Waals surface area contributed by atoms with Gasteiger partial charge in [-0.1, -0.05) is 6.07 Å². The number of hydrogen-bond donors (Lipinski definition) is 1. The van der Waals surface area contributed by atoms with E-state index < -0.39 is 18.3 Å². The third-order valence-corrected chi connectivity index (χ3v) is 2.37. The molecular formula is C11H9F3N2O. The van der Waals surface area contributed by atoms with Gasteiger partial charge >= 0.3 is 6.18 Å². The van der Waals surface area contributed by atoms with Crippen LogP contribution in [0.1, 0.15) is 11.1 Å². The Kier molecular flexibility index (Phi) is 2.89. The van der Waals surface area contributed by atoms with Crippen LogP contribution in [0.15, 0.2) is 36.9 Å². The van der Waals surface area contributed by atoms with Crippen molar-refractivity contribution in [2.24, 2.45) is 0 Å². The lowest BCUT2D eigenvalue weighted by molar-refractivity contribution is -0.138. The Labute approximate surface area is 95.1 Å². The molecule has 0 saturated heterocycles. The van der Waals surface area contributed by atoms with Gasteiger partial charge in [0.05, 0.1) is 18.5 Å². The summed E-state index contributed by atoms with van der Waals surface area (Å²) in [7, 11) is 0. The van der Waals surface area contributed by atoms with Gasteiger partial charge in [-0.15, -0.1) is 0 Å². The molecule has 1 aromatic carbocycles. The molecule has 0 atom stereocenters. The predicted octanol–water partition coefficient (Wildman–Crippen LogP) is 2.38. The van der Waals surface area contributed by atoms with Crippen LogP contribution in [0.4, 0.5) is 13.2 Å². The van der Waals surface area contributed by atoms with Crippen molar-refractivity contribution in [3.05, 3.63) is 48.0 Å². The van der Waals surface area contributed by atoms with Crippen LogP contribution in [0.25, 0.3) is 5.69 Å². The first-order valence-corrected chi connectivity index (χ1v) is 4.81. The first-order chi connectivity index (χ1) is 8.02. The Bertz CT molecular complexity index is 506. The third kappa shape index (κ3) is 2.31. The van der Waals surface area contributed by atoms with Crippen molar-refractivity contribution < 1.29 is 18.3 Å². The molecule has 0 aliphatic heterocycles. The number of nitrogens with zero attached hydrogens (tertiary/aromatic N) is 2. The molecule has 3 nitrogen and oxygen atoms in total. The Morgan fingerprint density at radius 2 is 2.06 bits per heavy atom. The quantitative estimate of drug-likeness (QED) is 0.878. The maximum atomic E-state index is 12.7. The van der Waals surface area contributed by atoms with E-state index in [9.17, 15) is 13.2 Å². The number of aliphatic hydroxyl groups is 1. The molecular weight excluding hydrogens is 233 g/mol. The predicted molar refractivity (Wildman–Crippen MR) is 54.5 cm³/mol. The molecule has 17 heavy (non-hydrogen) atoms. The monoisotopic (exact) mass is 242 g/mol. The van der Waals surface area contributed by atoms with E-state index in [2.05, 4.69) is 4.98 Å². The first-order valence-electron chi connectivity index (χ1n) is 4.81. The minimum absolute atomic E-state index is 0.138. The highest BCUT2D eigenvalue weighted by Gasteiger charge is 2.33. The molecule has 1 heterocycles. The van der Waals surface area contributed by atoms with Crippen molar-refractivity contribution in [3.8, 4) is 5.69 Å². The molecule has 0 aliphatic carbocycles. The van der Waals surface area contributed by atoms with E-state index in [0.29, 0.717) is 5.69 Å². The summed E-state index contributed by atoms with van der Waals surface area (Å²) in [5.41, 5.74) is -0.611. The van der Waals surface area contributed by atoms with E-state index in [1.807, 2.05) is 0 Å². The molecule has 6 heteroatoms. The summed E-state index contributed by atoms with van der Waals surface area (Å²) in [6.45, 7) is -0.640. The van der Waals surface area contributed by atoms with E-state index in [1.54, 1.807) is 6.20 Å². The topological polar surface area (TPSA) is 38.0 Å². The van der Waals surface area contributed by atoms with Crippen LogP contribution in [0.2, 0.25) is 0 Å². The lowest BCUT2D eigenvalue weighted by atomic mass is 10.1. The molecule has 0 amide bonds. The zero-order valence-corrected chi connectivity index (χ0v) is 8.65. The average Bonchev–Trinajstić information content (AvgIpc) is 2.80. The van der Waals surface area contributed by atoms with Crippen LogP contribution < -0.4 is 0 Å². The van der Waals surface area contributed by atoms with Crippen molar-refractivity contribution in [1.82, 2.24) is 9.55 Å². The van der Waals surface area contributed by atoms with Crippen molar-refractivity contribution in [2.45, 2.75) is 12.8 Å². The van der Waals surface area contributed by atoms with Gasteiger partial charge < -0.3 is 9.67 Å². The molecule has 0 aliphatic rings. The minimum Gasteiger partial charge on any atom is -0.392 e. The molecule has 0 unspecified atom stereocenters. The molecule has 90 valence electrons. The smallest absolute Gasteiger partial charge is 0.392 e. The molecule has 0 spiro atoms. The van der Waals surface area contributed by atoms with Crippen LogP contribution in [0.3, 0.4) is 0 Å². The highest BCUT2D eigenvalue weighted by molar-refractivity contribution is 5.41. The van der Waals surface area contributed by atoms with E-state index >= 15 is 0 Å². The second-order valence-corrected chi connectivity index (χ2v) is 3.47. The fraction of sp³-hybridized carbons (Fsp3) is 0.182. The number of aliphatic hydroxyl groups excluding tert-OH is 1. The Balaban J connectivity index is 2.53. The maximum absolute atomic E-state index is 12.7. The number of halogens is 3. The first kappa shape index (κ1) is 11.7. The van der Waals surface area contributed by atoms with Gasteiger partial charge in [0.15, 0.2) is 0 Å². The van der Waals surface area contributed by atoms with Gasteiger partial charge in [0.1, 0.15) is 0 Å². The van der Waals surface area contributed by atoms with Gasteiger partial charge in [-0.3, -0.25) is 0 Å². The summed E-state index contributed by atoms with van der Waals surface area (Å²) in [4.78, 5) is 3.77. The van der Waals surface area contributed by atoms with Crippen LogP contribution >= 0.6 is 0 Å². The largest absolute Gasteiger partial charge is 0.416 e. The van der Waals surface area contributed by atoms with E-state index in [-0.39, 0.29) is 5.56 Å². The summed E-state index contributed by atoms with van der Waals surface area (Å²) >= 11 is 0. The molecule has 1 N–H and O–H groups in total. The molecule has 2 rings (SSSR count). The minimum atomic E-state index is -4.48. The van der Waals surface area contributed by atoms with Crippen molar-refractivity contribution in [1.29, 1.82) is 0 Å².